The molecule has 0 N–H and O–H groups in total. The van der Waals surface area contributed by atoms with Gasteiger partial charge in [-0.05, 0) is 23.1 Å². The lowest BCUT2D eigenvalue weighted by molar-refractivity contribution is 0.0575. The molecule has 18 heavy (non-hydrogen) atoms. The van der Waals surface area contributed by atoms with Crippen molar-refractivity contribution in [1.29, 1.82) is 0 Å². The molecule has 1 heterocycles. The van der Waals surface area contributed by atoms with Gasteiger partial charge in [-0.2, -0.15) is 0 Å². The predicted molar refractivity (Wildman–Crippen MR) is 73.6 cm³/mol. The van der Waals surface area contributed by atoms with Gasteiger partial charge in [0, 0.05) is 5.41 Å². The SMILES string of the molecule is CC1(Cc2ccccc2)COCc2ccccc21. The van der Waals surface area contributed by atoms with Gasteiger partial charge in [0.05, 0.1) is 13.2 Å². The highest BCUT2D eigenvalue weighted by atomic mass is 16.5. The molecule has 1 aliphatic heterocycles. The monoisotopic (exact) mass is 238 g/mol. The molecule has 1 atom stereocenters. The summed E-state index contributed by atoms with van der Waals surface area (Å²) in [5.74, 6) is 0. The van der Waals surface area contributed by atoms with E-state index in [1.54, 1.807) is 0 Å². The molecule has 2 aromatic rings. The fourth-order valence-corrected chi connectivity index (χ4v) is 2.89. The van der Waals surface area contributed by atoms with Crippen LogP contribution in [0.3, 0.4) is 0 Å². The lowest BCUT2D eigenvalue weighted by Crippen LogP contribution is -2.35. The number of hydrogen-bond acceptors (Lipinski definition) is 1. The first-order valence-corrected chi connectivity index (χ1v) is 6.48. The van der Waals surface area contributed by atoms with E-state index >= 15 is 0 Å². The first-order valence-electron chi connectivity index (χ1n) is 6.48. The van der Waals surface area contributed by atoms with Crippen LogP contribution in [0, 0.1) is 0 Å². The number of hydrogen-bond donors (Lipinski definition) is 0. The topological polar surface area (TPSA) is 9.23 Å². The third-order valence-electron chi connectivity index (χ3n) is 3.78. The molecule has 0 radical (unpaired) electrons. The molecule has 1 heteroatoms. The van der Waals surface area contributed by atoms with Crippen LogP contribution in [0.15, 0.2) is 54.6 Å². The minimum Gasteiger partial charge on any atom is -0.376 e. The molecule has 1 aliphatic rings. The Labute approximate surface area is 108 Å². The van der Waals surface area contributed by atoms with Crippen LogP contribution >= 0.6 is 0 Å². The third kappa shape index (κ3) is 2.06. The Morgan fingerprint density at radius 3 is 2.56 bits per heavy atom. The number of ether oxygens (including phenoxy) is 1. The van der Waals surface area contributed by atoms with Crippen molar-refractivity contribution in [3.8, 4) is 0 Å². The average Bonchev–Trinajstić information content (AvgIpc) is 2.40. The van der Waals surface area contributed by atoms with Gasteiger partial charge < -0.3 is 4.74 Å². The zero-order valence-electron chi connectivity index (χ0n) is 10.7. The van der Waals surface area contributed by atoms with Crippen molar-refractivity contribution < 1.29 is 4.74 Å². The smallest absolute Gasteiger partial charge is 0.0720 e. The van der Waals surface area contributed by atoms with Crippen LogP contribution in [-0.2, 0) is 23.2 Å². The van der Waals surface area contributed by atoms with Gasteiger partial charge in [0.25, 0.3) is 0 Å². The predicted octanol–water partition coefficient (Wildman–Crippen LogP) is 3.72. The maximum absolute atomic E-state index is 5.78. The normalized spacial score (nSPS) is 22.5. The van der Waals surface area contributed by atoms with Crippen LogP contribution in [0.4, 0.5) is 0 Å². The van der Waals surface area contributed by atoms with E-state index in [0.29, 0.717) is 0 Å². The van der Waals surface area contributed by atoms with Gasteiger partial charge in [-0.3, -0.25) is 0 Å². The summed E-state index contributed by atoms with van der Waals surface area (Å²) in [7, 11) is 0. The highest BCUT2D eigenvalue weighted by Crippen LogP contribution is 2.35. The molecule has 1 nitrogen and oxygen atoms in total. The first-order chi connectivity index (χ1) is 8.78. The van der Waals surface area contributed by atoms with Crippen LogP contribution in [-0.4, -0.2) is 6.61 Å². The molecule has 0 aromatic heterocycles. The second-order valence-corrected chi connectivity index (χ2v) is 5.37. The summed E-state index contributed by atoms with van der Waals surface area (Å²) >= 11 is 0. The van der Waals surface area contributed by atoms with E-state index in [0.717, 1.165) is 19.6 Å². The number of benzene rings is 2. The van der Waals surface area contributed by atoms with Gasteiger partial charge in [-0.1, -0.05) is 61.5 Å². The number of rotatable bonds is 2. The van der Waals surface area contributed by atoms with E-state index in [1.807, 2.05) is 0 Å². The van der Waals surface area contributed by atoms with Crippen molar-refractivity contribution >= 4 is 0 Å². The maximum atomic E-state index is 5.78. The van der Waals surface area contributed by atoms with Crippen LogP contribution < -0.4 is 0 Å². The summed E-state index contributed by atoms with van der Waals surface area (Å²) in [6.07, 6.45) is 1.03. The Balaban J connectivity index is 1.96. The summed E-state index contributed by atoms with van der Waals surface area (Å²) in [5.41, 5.74) is 4.25. The van der Waals surface area contributed by atoms with E-state index < -0.39 is 0 Å². The molecule has 1 unspecified atom stereocenters. The summed E-state index contributed by atoms with van der Waals surface area (Å²) in [6.45, 7) is 3.86. The van der Waals surface area contributed by atoms with Crippen molar-refractivity contribution in [1.82, 2.24) is 0 Å². The molecule has 92 valence electrons. The molecule has 0 spiro atoms. The fourth-order valence-electron chi connectivity index (χ4n) is 2.89. The first kappa shape index (κ1) is 11.5. The average molecular weight is 238 g/mol. The van der Waals surface area contributed by atoms with Gasteiger partial charge in [-0.25, -0.2) is 0 Å². The minimum atomic E-state index is 0.0934. The van der Waals surface area contributed by atoms with Crippen LogP contribution in [0.5, 0.6) is 0 Å². The van der Waals surface area contributed by atoms with Gasteiger partial charge in [0.15, 0.2) is 0 Å². The molecular weight excluding hydrogens is 220 g/mol. The van der Waals surface area contributed by atoms with Crippen molar-refractivity contribution in [3.63, 3.8) is 0 Å². The van der Waals surface area contributed by atoms with Crippen LogP contribution in [0.1, 0.15) is 23.6 Å². The summed E-state index contributed by atoms with van der Waals surface area (Å²) < 4.78 is 5.78. The fraction of sp³-hybridized carbons (Fsp3) is 0.294. The zero-order chi connectivity index (χ0) is 12.4. The number of fused-ring (bicyclic) bond motifs is 1. The molecule has 2 aromatic carbocycles. The lowest BCUT2D eigenvalue weighted by Gasteiger charge is -2.36. The highest BCUT2D eigenvalue weighted by Gasteiger charge is 2.32. The third-order valence-corrected chi connectivity index (χ3v) is 3.78. The molecule has 0 amide bonds. The van der Waals surface area contributed by atoms with Crippen molar-refractivity contribution in [3.05, 3.63) is 71.3 Å². The molecule has 0 saturated carbocycles. The lowest BCUT2D eigenvalue weighted by atomic mass is 9.75. The van der Waals surface area contributed by atoms with Gasteiger partial charge in [0.1, 0.15) is 0 Å². The van der Waals surface area contributed by atoms with E-state index in [1.165, 1.54) is 16.7 Å². The minimum absolute atomic E-state index is 0.0934. The Morgan fingerprint density at radius 1 is 1.00 bits per heavy atom. The summed E-state index contributed by atoms with van der Waals surface area (Å²) in [5, 5.41) is 0. The van der Waals surface area contributed by atoms with Crippen molar-refractivity contribution in [2.45, 2.75) is 25.4 Å². The van der Waals surface area contributed by atoms with Crippen molar-refractivity contribution in [2.75, 3.05) is 6.61 Å². The van der Waals surface area contributed by atoms with Crippen LogP contribution in [0.2, 0.25) is 0 Å². The van der Waals surface area contributed by atoms with E-state index in [9.17, 15) is 0 Å². The van der Waals surface area contributed by atoms with E-state index in [-0.39, 0.29) is 5.41 Å². The Morgan fingerprint density at radius 2 is 1.72 bits per heavy atom. The van der Waals surface area contributed by atoms with Gasteiger partial charge in [0.2, 0.25) is 0 Å². The second-order valence-electron chi connectivity index (χ2n) is 5.37. The Bertz CT molecular complexity index is 532. The van der Waals surface area contributed by atoms with Gasteiger partial charge >= 0.3 is 0 Å². The van der Waals surface area contributed by atoms with Gasteiger partial charge in [-0.15, -0.1) is 0 Å². The highest BCUT2D eigenvalue weighted by molar-refractivity contribution is 5.37. The van der Waals surface area contributed by atoms with Crippen LogP contribution in [0.25, 0.3) is 0 Å². The Kier molecular flexibility index (Phi) is 2.92. The molecule has 3 rings (SSSR count). The van der Waals surface area contributed by atoms with E-state index in [4.69, 9.17) is 4.74 Å². The van der Waals surface area contributed by atoms with E-state index in [2.05, 4.69) is 61.5 Å². The molecule has 0 fully saturated rings. The molecular formula is C17H18O. The molecule has 0 saturated heterocycles. The standard InChI is InChI=1S/C17H18O/c1-17(11-14-7-3-2-4-8-14)13-18-12-15-9-5-6-10-16(15)17/h2-10H,11-13H2,1H3. The summed E-state index contributed by atoms with van der Waals surface area (Å²) in [4.78, 5) is 0. The maximum Gasteiger partial charge on any atom is 0.0720 e. The van der Waals surface area contributed by atoms with Crippen molar-refractivity contribution in [2.24, 2.45) is 0 Å². The Hall–Kier alpha value is -1.60. The largest absolute Gasteiger partial charge is 0.376 e. The molecule has 0 bridgehead atoms. The summed E-state index contributed by atoms with van der Waals surface area (Å²) in [6, 6.07) is 19.3. The zero-order valence-corrected chi connectivity index (χ0v) is 10.7. The quantitative estimate of drug-likeness (QED) is 0.775. The second kappa shape index (κ2) is 4.58. The molecule has 0 aliphatic carbocycles.